The van der Waals surface area contributed by atoms with Gasteiger partial charge in [0.1, 0.15) is 11.9 Å². The van der Waals surface area contributed by atoms with Crippen LogP contribution in [0.4, 0.5) is 0 Å². The van der Waals surface area contributed by atoms with Crippen LogP contribution >= 0.6 is 26.9 Å². The summed E-state index contributed by atoms with van der Waals surface area (Å²) in [5.74, 6) is -0.388. The van der Waals surface area contributed by atoms with Crippen LogP contribution in [0.2, 0.25) is 0 Å². The summed E-state index contributed by atoms with van der Waals surface area (Å²) >= 11 is 0. The van der Waals surface area contributed by atoms with Gasteiger partial charge in [-0.05, 0) is 32.6 Å². The minimum atomic E-state index is -0.857. The van der Waals surface area contributed by atoms with Crippen LogP contribution < -0.4 is 0 Å². The Hall–Kier alpha value is 0.310. The van der Waals surface area contributed by atoms with Gasteiger partial charge < -0.3 is 18.5 Å². The molecular weight excluding hydrogens is 441 g/mol. The first-order chi connectivity index (χ1) is 14.0. The average molecular weight is 480 g/mol. The smallest absolute Gasteiger partial charge is 0.308 e. The van der Waals surface area contributed by atoms with E-state index < -0.39 is 11.5 Å². The Labute approximate surface area is 187 Å². The van der Waals surface area contributed by atoms with Gasteiger partial charge in [-0.25, -0.2) is 0 Å². The van der Waals surface area contributed by atoms with E-state index in [-0.39, 0.29) is 62.4 Å². The molecule has 10 unspecified atom stereocenters. The Morgan fingerprint density at radius 3 is 2.43 bits per heavy atom. The predicted octanol–water partition coefficient (Wildman–Crippen LogP) is 4.85. The summed E-state index contributed by atoms with van der Waals surface area (Å²) in [4.78, 5) is 26.1. The highest BCUT2D eigenvalue weighted by Gasteiger charge is 2.52. The molecule has 9 heteroatoms. The maximum Gasteiger partial charge on any atom is 0.308 e. The molecular formula is C21H39O6P3. The fourth-order valence-corrected chi connectivity index (χ4v) is 6.18. The van der Waals surface area contributed by atoms with Gasteiger partial charge in [-0.2, -0.15) is 0 Å². The highest BCUT2D eigenvalue weighted by molar-refractivity contribution is 8.00. The third kappa shape index (κ3) is 6.43. The summed E-state index contributed by atoms with van der Waals surface area (Å²) in [6, 6.07) is 0. The Morgan fingerprint density at radius 1 is 1.17 bits per heavy atom. The maximum absolute atomic E-state index is 13.5. The van der Waals surface area contributed by atoms with E-state index in [1.54, 1.807) is 0 Å². The Balaban J connectivity index is 2.27. The van der Waals surface area contributed by atoms with Gasteiger partial charge in [0.25, 0.3) is 0 Å². The van der Waals surface area contributed by atoms with Gasteiger partial charge in [-0.3, -0.25) is 9.59 Å². The standard InChI is InChI=1S/C21H39O6P3/c1-12-8-7-9-21(6)16(25-21)10-13(2)24-17(22)11-15(26-28)20(4,5)19(23)14(3)18(12)27-30-29/h12-16,18,30H,7-11,28-29H2,1-6H3. The number of carbonyl (C=O) groups excluding carboxylic acids is 2. The summed E-state index contributed by atoms with van der Waals surface area (Å²) in [7, 11) is 5.05. The number of Topliss-reactive ketones (excluding diaryl/α,β-unsaturated/α-hetero) is 1. The summed E-state index contributed by atoms with van der Waals surface area (Å²) in [6.45, 7) is 11.8. The lowest BCUT2D eigenvalue weighted by Crippen LogP contribution is -2.46. The number of epoxide rings is 1. The number of rotatable bonds is 3. The van der Waals surface area contributed by atoms with Crippen LogP contribution in [-0.4, -0.2) is 41.8 Å². The first-order valence-corrected chi connectivity index (χ1v) is 14.0. The lowest BCUT2D eigenvalue weighted by atomic mass is 9.73. The van der Waals surface area contributed by atoms with E-state index >= 15 is 0 Å². The van der Waals surface area contributed by atoms with E-state index in [0.717, 1.165) is 19.3 Å². The van der Waals surface area contributed by atoms with Crippen molar-refractivity contribution in [2.45, 2.75) is 104 Å². The van der Waals surface area contributed by atoms with Crippen molar-refractivity contribution in [2.75, 3.05) is 0 Å². The molecule has 30 heavy (non-hydrogen) atoms. The molecule has 0 saturated carbocycles. The molecule has 2 aliphatic heterocycles. The number of ether oxygens (including phenoxy) is 2. The van der Waals surface area contributed by atoms with Crippen LogP contribution in [0, 0.1) is 17.3 Å². The van der Waals surface area contributed by atoms with Crippen LogP contribution in [0.5, 0.6) is 0 Å². The van der Waals surface area contributed by atoms with Crippen molar-refractivity contribution in [3.05, 3.63) is 0 Å². The molecule has 0 aliphatic carbocycles. The molecule has 2 saturated heterocycles. The SMILES string of the molecule is CC1CC2OC2(C)CCCC(C)C(OPP)C(C)C(=O)C(C)(C)C(OP)CC(=O)O1. The molecule has 2 heterocycles. The number of hydrogen-bond donors (Lipinski definition) is 0. The Morgan fingerprint density at radius 2 is 1.83 bits per heavy atom. The Bertz CT molecular complexity index is 616. The van der Waals surface area contributed by atoms with Crippen LogP contribution in [-0.2, 0) is 28.1 Å². The quantitative estimate of drug-likeness (QED) is 0.327. The zero-order chi connectivity index (χ0) is 22.7. The summed E-state index contributed by atoms with van der Waals surface area (Å²) in [5, 5.41) is 0. The van der Waals surface area contributed by atoms with Gasteiger partial charge in [0.05, 0.1) is 35.7 Å². The van der Waals surface area contributed by atoms with E-state index in [1.807, 2.05) is 27.7 Å². The first-order valence-electron chi connectivity index (χ1n) is 10.8. The van der Waals surface area contributed by atoms with Crippen molar-refractivity contribution in [3.63, 3.8) is 0 Å². The monoisotopic (exact) mass is 480 g/mol. The lowest BCUT2D eigenvalue weighted by molar-refractivity contribution is -0.153. The number of fused-ring (bicyclic) bond motifs is 1. The van der Waals surface area contributed by atoms with Crippen LogP contribution in [0.15, 0.2) is 0 Å². The van der Waals surface area contributed by atoms with Crippen LogP contribution in [0.1, 0.15) is 73.6 Å². The molecule has 0 amide bonds. The molecule has 10 atom stereocenters. The fourth-order valence-electron chi connectivity index (χ4n) is 4.68. The first kappa shape index (κ1) is 26.6. The predicted molar refractivity (Wildman–Crippen MR) is 127 cm³/mol. The molecule has 0 aromatic rings. The van der Waals surface area contributed by atoms with E-state index in [0.29, 0.717) is 6.42 Å². The second kappa shape index (κ2) is 11.0. The summed E-state index contributed by atoms with van der Waals surface area (Å²) < 4.78 is 23.1. The number of esters is 1. The molecule has 2 rings (SSSR count). The average Bonchev–Trinajstić information content (AvgIpc) is 3.30. The van der Waals surface area contributed by atoms with Crippen molar-refractivity contribution in [1.29, 1.82) is 0 Å². The normalized spacial score (nSPS) is 41.5. The van der Waals surface area contributed by atoms with Crippen molar-refractivity contribution >= 4 is 38.6 Å². The van der Waals surface area contributed by atoms with E-state index in [1.165, 1.54) is 0 Å². The van der Waals surface area contributed by atoms with E-state index in [9.17, 15) is 9.59 Å². The molecule has 0 N–H and O–H groups in total. The molecule has 0 aromatic carbocycles. The molecule has 2 aliphatic rings. The number of cyclic esters (lactones) is 1. The van der Waals surface area contributed by atoms with Gasteiger partial charge in [0.15, 0.2) is 0 Å². The number of carbonyl (C=O) groups is 2. The summed E-state index contributed by atoms with van der Waals surface area (Å²) in [6.07, 6.45) is 2.74. The number of ketones is 1. The van der Waals surface area contributed by atoms with Crippen molar-refractivity contribution in [3.8, 4) is 0 Å². The molecule has 0 bridgehead atoms. The second-order valence-corrected chi connectivity index (χ2v) is 11.2. The van der Waals surface area contributed by atoms with Crippen LogP contribution in [0.3, 0.4) is 0 Å². The largest absolute Gasteiger partial charge is 0.462 e. The van der Waals surface area contributed by atoms with Gasteiger partial charge in [-0.15, -0.1) is 0 Å². The fraction of sp³-hybridized carbons (Fsp3) is 0.905. The van der Waals surface area contributed by atoms with Gasteiger partial charge >= 0.3 is 5.97 Å². The van der Waals surface area contributed by atoms with Crippen LogP contribution in [0.25, 0.3) is 0 Å². The Kier molecular flexibility index (Phi) is 9.70. The van der Waals surface area contributed by atoms with Crippen molar-refractivity contribution in [1.82, 2.24) is 0 Å². The van der Waals surface area contributed by atoms with Gasteiger partial charge in [0, 0.05) is 30.3 Å². The molecule has 0 aromatic heterocycles. The minimum Gasteiger partial charge on any atom is -0.462 e. The highest BCUT2D eigenvalue weighted by atomic mass is 32.0. The third-order valence-corrected chi connectivity index (χ3v) is 8.02. The lowest BCUT2D eigenvalue weighted by Gasteiger charge is -2.37. The zero-order valence-corrected chi connectivity index (χ0v) is 22.4. The second-order valence-electron chi connectivity index (χ2n) is 9.73. The minimum absolute atomic E-state index is 0.0224. The molecule has 0 radical (unpaired) electrons. The number of hydrogen-bond acceptors (Lipinski definition) is 6. The van der Waals surface area contributed by atoms with E-state index in [4.69, 9.17) is 18.5 Å². The molecule has 6 nitrogen and oxygen atoms in total. The molecule has 174 valence electrons. The molecule has 0 spiro atoms. The van der Waals surface area contributed by atoms with E-state index in [2.05, 4.69) is 32.2 Å². The van der Waals surface area contributed by atoms with Crippen molar-refractivity contribution < 1.29 is 28.1 Å². The highest BCUT2D eigenvalue weighted by Crippen LogP contribution is 2.45. The summed E-state index contributed by atoms with van der Waals surface area (Å²) in [5.41, 5.74) is -1.00. The van der Waals surface area contributed by atoms with Gasteiger partial charge in [0.2, 0.25) is 0 Å². The third-order valence-electron chi connectivity index (χ3n) is 6.87. The van der Waals surface area contributed by atoms with Crippen molar-refractivity contribution in [2.24, 2.45) is 17.3 Å². The maximum atomic E-state index is 13.5. The zero-order valence-electron chi connectivity index (χ0n) is 19.1. The molecule has 2 fully saturated rings. The topological polar surface area (TPSA) is 74.4 Å². The van der Waals surface area contributed by atoms with Gasteiger partial charge in [-0.1, -0.05) is 43.0 Å².